The third-order valence-electron chi connectivity index (χ3n) is 6.19. The Morgan fingerprint density at radius 3 is 2.37 bits per heavy atom. The van der Waals surface area contributed by atoms with E-state index in [0.29, 0.717) is 22.4 Å². The Morgan fingerprint density at radius 2 is 1.67 bits per heavy atom. The highest BCUT2D eigenvalue weighted by Crippen LogP contribution is 2.41. The monoisotopic (exact) mass is 440 g/mol. The summed E-state index contributed by atoms with van der Waals surface area (Å²) in [5.74, 6) is 0.769. The van der Waals surface area contributed by atoms with Crippen molar-refractivity contribution in [2.24, 2.45) is 11.8 Å². The van der Waals surface area contributed by atoms with Crippen molar-refractivity contribution in [3.63, 3.8) is 0 Å². The first-order chi connectivity index (χ1) is 14.3. The molecule has 0 amide bonds. The fourth-order valence-corrected chi connectivity index (χ4v) is 5.47. The van der Waals surface area contributed by atoms with Gasteiger partial charge in [-0.15, -0.1) is 0 Å². The first-order valence-corrected chi connectivity index (χ1v) is 11.4. The second-order valence-electron chi connectivity index (χ2n) is 8.09. The predicted molar refractivity (Wildman–Crippen MR) is 110 cm³/mol. The van der Waals surface area contributed by atoms with Gasteiger partial charge in [-0.25, -0.2) is 8.60 Å². The zero-order valence-electron chi connectivity index (χ0n) is 16.4. The molecule has 1 N–H and O–H groups in total. The number of nitrogens with zero attached hydrogens (tertiary/aromatic N) is 1. The van der Waals surface area contributed by atoms with Gasteiger partial charge in [0.2, 0.25) is 0 Å². The van der Waals surface area contributed by atoms with Gasteiger partial charge in [0.25, 0.3) is 0 Å². The molecule has 1 heterocycles. The molecular formula is C22H24F4N2OS. The molecule has 3 atom stereocenters. The molecule has 1 saturated heterocycles. The van der Waals surface area contributed by atoms with E-state index in [9.17, 15) is 21.8 Å². The van der Waals surface area contributed by atoms with Gasteiger partial charge in [0.15, 0.2) is 0 Å². The van der Waals surface area contributed by atoms with Crippen LogP contribution in [0.4, 0.5) is 28.9 Å². The summed E-state index contributed by atoms with van der Waals surface area (Å²) in [7, 11) is -1.81. The van der Waals surface area contributed by atoms with Crippen LogP contribution in [0.5, 0.6) is 0 Å². The number of piperidine rings is 1. The summed E-state index contributed by atoms with van der Waals surface area (Å²) in [6, 6.07) is 8.64. The Morgan fingerprint density at radius 1 is 0.967 bits per heavy atom. The van der Waals surface area contributed by atoms with Gasteiger partial charge in [-0.2, -0.15) is 13.2 Å². The van der Waals surface area contributed by atoms with Crippen molar-refractivity contribution >= 4 is 22.4 Å². The molecule has 162 valence electrons. The Bertz CT molecular complexity index is 916. The normalized spacial score (nSPS) is 23.0. The highest BCUT2D eigenvalue weighted by atomic mass is 32.2. The van der Waals surface area contributed by atoms with Gasteiger partial charge >= 0.3 is 6.18 Å². The van der Waals surface area contributed by atoms with Crippen LogP contribution < -0.4 is 9.62 Å². The number of fused-ring (bicyclic) bond motifs is 1. The first-order valence-electron chi connectivity index (χ1n) is 10.2. The van der Waals surface area contributed by atoms with Crippen LogP contribution in [0.15, 0.2) is 47.4 Å². The molecule has 0 bridgehead atoms. The van der Waals surface area contributed by atoms with E-state index in [-0.39, 0.29) is 5.69 Å². The van der Waals surface area contributed by atoms with Gasteiger partial charge < -0.3 is 4.90 Å². The minimum absolute atomic E-state index is 0.182. The quantitative estimate of drug-likeness (QED) is 0.592. The fourth-order valence-electron chi connectivity index (χ4n) is 4.61. The average Bonchev–Trinajstić information content (AvgIpc) is 2.73. The van der Waals surface area contributed by atoms with Gasteiger partial charge in [-0.3, -0.25) is 4.72 Å². The number of hydrogen-bond acceptors (Lipinski definition) is 2. The third kappa shape index (κ3) is 4.63. The molecule has 3 unspecified atom stereocenters. The minimum atomic E-state index is -4.50. The molecule has 1 aliphatic heterocycles. The van der Waals surface area contributed by atoms with Crippen molar-refractivity contribution in [1.29, 1.82) is 0 Å². The second-order valence-corrected chi connectivity index (χ2v) is 9.31. The number of hydrogen-bond donors (Lipinski definition) is 1. The highest BCUT2D eigenvalue weighted by Gasteiger charge is 2.34. The van der Waals surface area contributed by atoms with Gasteiger partial charge in [0.1, 0.15) is 16.8 Å². The second kappa shape index (κ2) is 8.57. The zero-order chi connectivity index (χ0) is 21.3. The summed E-state index contributed by atoms with van der Waals surface area (Å²) in [5.41, 5.74) is 0.0154. The van der Waals surface area contributed by atoms with Crippen LogP contribution >= 0.6 is 0 Å². The number of rotatable bonds is 4. The van der Waals surface area contributed by atoms with E-state index in [2.05, 4.69) is 9.62 Å². The molecule has 1 saturated carbocycles. The van der Waals surface area contributed by atoms with Gasteiger partial charge in [-0.05, 0) is 67.1 Å². The standard InChI is InChI=1S/C22H24F4N2OS/c23-18-6-8-19(9-7-18)30(29)27-20-13-17(22(24,25)26)5-10-21(20)28-12-11-15-3-1-2-4-16(15)14-28/h5-10,13,15-16,27H,1-4,11-12,14H2. The van der Waals surface area contributed by atoms with Crippen LogP contribution in [0.2, 0.25) is 0 Å². The van der Waals surface area contributed by atoms with Crippen molar-refractivity contribution in [1.82, 2.24) is 0 Å². The molecule has 0 radical (unpaired) electrons. The Kier molecular flexibility index (Phi) is 6.04. The van der Waals surface area contributed by atoms with E-state index in [0.717, 1.165) is 38.1 Å². The Hall–Kier alpha value is -2.09. The lowest BCUT2D eigenvalue weighted by molar-refractivity contribution is -0.137. The van der Waals surface area contributed by atoms with Crippen LogP contribution in [-0.2, 0) is 17.2 Å². The largest absolute Gasteiger partial charge is 0.416 e. The van der Waals surface area contributed by atoms with Crippen LogP contribution in [0.1, 0.15) is 37.7 Å². The summed E-state index contributed by atoms with van der Waals surface area (Å²) in [6.45, 7) is 1.57. The van der Waals surface area contributed by atoms with E-state index in [4.69, 9.17) is 0 Å². The van der Waals surface area contributed by atoms with Crippen LogP contribution in [0, 0.1) is 17.7 Å². The zero-order valence-corrected chi connectivity index (χ0v) is 17.2. The molecule has 1 aliphatic carbocycles. The van der Waals surface area contributed by atoms with Crippen molar-refractivity contribution < 1.29 is 21.8 Å². The summed E-state index contributed by atoms with van der Waals surface area (Å²) >= 11 is 0. The maximum atomic E-state index is 13.3. The summed E-state index contributed by atoms with van der Waals surface area (Å²) < 4.78 is 68.5. The van der Waals surface area contributed by atoms with E-state index in [1.165, 1.54) is 49.6 Å². The molecule has 0 aromatic heterocycles. The molecule has 0 spiro atoms. The lowest BCUT2D eigenvalue weighted by atomic mass is 9.75. The predicted octanol–water partition coefficient (Wildman–Crippen LogP) is 6.00. The average molecular weight is 441 g/mol. The van der Waals surface area contributed by atoms with Crippen molar-refractivity contribution in [2.45, 2.75) is 43.2 Å². The van der Waals surface area contributed by atoms with Gasteiger partial charge in [-0.1, -0.05) is 19.3 Å². The molecule has 2 fully saturated rings. The smallest absolute Gasteiger partial charge is 0.370 e. The van der Waals surface area contributed by atoms with Gasteiger partial charge in [0.05, 0.1) is 21.8 Å². The fraction of sp³-hybridized carbons (Fsp3) is 0.455. The molecule has 2 aliphatic rings. The number of anilines is 2. The van der Waals surface area contributed by atoms with E-state index in [1.54, 1.807) is 0 Å². The summed E-state index contributed by atoms with van der Waals surface area (Å²) in [4.78, 5) is 2.40. The number of benzene rings is 2. The molecule has 30 heavy (non-hydrogen) atoms. The lowest BCUT2D eigenvalue weighted by Gasteiger charge is -2.42. The molecule has 8 heteroatoms. The van der Waals surface area contributed by atoms with Crippen LogP contribution in [0.3, 0.4) is 0 Å². The molecule has 2 aromatic carbocycles. The number of halogens is 4. The minimum Gasteiger partial charge on any atom is -0.370 e. The van der Waals surface area contributed by atoms with Crippen molar-refractivity contribution in [3.05, 3.63) is 53.8 Å². The van der Waals surface area contributed by atoms with Crippen molar-refractivity contribution in [2.75, 3.05) is 22.7 Å². The van der Waals surface area contributed by atoms with Gasteiger partial charge in [0, 0.05) is 13.1 Å². The third-order valence-corrected chi connectivity index (χ3v) is 7.29. The van der Waals surface area contributed by atoms with Crippen molar-refractivity contribution in [3.8, 4) is 0 Å². The van der Waals surface area contributed by atoms with Crippen LogP contribution in [0.25, 0.3) is 0 Å². The molecule has 2 aromatic rings. The highest BCUT2D eigenvalue weighted by molar-refractivity contribution is 7.86. The number of alkyl halides is 3. The Balaban J connectivity index is 1.62. The number of nitrogens with one attached hydrogen (secondary N) is 1. The van der Waals surface area contributed by atoms with Crippen LogP contribution in [-0.4, -0.2) is 17.3 Å². The summed E-state index contributed by atoms with van der Waals surface area (Å²) in [6.07, 6.45) is 1.35. The topological polar surface area (TPSA) is 32.3 Å². The SMILES string of the molecule is O=S(Nc1cc(C(F)(F)F)ccc1N1CCC2CCCCC2C1)c1ccc(F)cc1. The van der Waals surface area contributed by atoms with E-state index in [1.807, 2.05) is 0 Å². The lowest BCUT2D eigenvalue weighted by Crippen LogP contribution is -2.42. The first kappa shape index (κ1) is 21.2. The maximum absolute atomic E-state index is 13.3. The molecule has 4 rings (SSSR count). The van der Waals surface area contributed by atoms with E-state index < -0.39 is 28.5 Å². The summed E-state index contributed by atoms with van der Waals surface area (Å²) in [5, 5.41) is 0. The maximum Gasteiger partial charge on any atom is 0.416 e. The molecule has 3 nitrogen and oxygen atoms in total. The Labute approximate surface area is 176 Å². The molecular weight excluding hydrogens is 416 g/mol. The van der Waals surface area contributed by atoms with E-state index >= 15 is 0 Å².